The lowest BCUT2D eigenvalue weighted by atomic mass is 9.93. The van der Waals surface area contributed by atoms with Gasteiger partial charge < -0.3 is 20.0 Å². The Labute approximate surface area is 152 Å². The monoisotopic (exact) mass is 353 g/mol. The fourth-order valence-electron chi connectivity index (χ4n) is 3.79. The van der Waals surface area contributed by atoms with Gasteiger partial charge in [-0.15, -0.1) is 0 Å². The standard InChI is InChI=1S/C20H23N3O3/c24-19(22-12-16-7-3-9-21-16)17-11-14-5-1-2-6-15(14)13-23(17)20(25)18-8-4-10-26-18/h1-2,4-6,8,10,16-17,21H,3,7,9,11-13H2,(H,22,24). The van der Waals surface area contributed by atoms with Crippen LogP contribution in [0.2, 0.25) is 0 Å². The van der Waals surface area contributed by atoms with E-state index < -0.39 is 6.04 Å². The molecule has 1 fully saturated rings. The molecule has 26 heavy (non-hydrogen) atoms. The molecule has 1 saturated heterocycles. The van der Waals surface area contributed by atoms with Crippen LogP contribution in [0.15, 0.2) is 47.1 Å². The molecular weight excluding hydrogens is 330 g/mol. The molecule has 2 amide bonds. The molecule has 1 aromatic heterocycles. The van der Waals surface area contributed by atoms with Crippen LogP contribution in [0.25, 0.3) is 0 Å². The highest BCUT2D eigenvalue weighted by molar-refractivity contribution is 5.96. The van der Waals surface area contributed by atoms with Crippen molar-refractivity contribution in [3.05, 3.63) is 59.5 Å². The van der Waals surface area contributed by atoms with Crippen molar-refractivity contribution < 1.29 is 14.0 Å². The highest BCUT2D eigenvalue weighted by Gasteiger charge is 2.36. The summed E-state index contributed by atoms with van der Waals surface area (Å²) in [6.45, 7) is 2.01. The van der Waals surface area contributed by atoms with Crippen LogP contribution in [0.5, 0.6) is 0 Å². The highest BCUT2D eigenvalue weighted by atomic mass is 16.3. The molecule has 0 radical (unpaired) electrons. The number of furan rings is 1. The quantitative estimate of drug-likeness (QED) is 0.878. The fourth-order valence-corrected chi connectivity index (χ4v) is 3.79. The summed E-state index contributed by atoms with van der Waals surface area (Å²) in [6, 6.07) is 11.1. The number of carbonyl (C=O) groups is 2. The van der Waals surface area contributed by atoms with Crippen LogP contribution in [0.3, 0.4) is 0 Å². The minimum Gasteiger partial charge on any atom is -0.459 e. The molecule has 1 aromatic carbocycles. The second kappa shape index (κ2) is 7.33. The summed E-state index contributed by atoms with van der Waals surface area (Å²) in [5, 5.41) is 6.41. The Morgan fingerprint density at radius 2 is 2.04 bits per heavy atom. The molecular formula is C20H23N3O3. The van der Waals surface area contributed by atoms with Gasteiger partial charge in [0.05, 0.1) is 6.26 Å². The SMILES string of the molecule is O=C(NCC1CCCN1)C1Cc2ccccc2CN1C(=O)c1ccco1. The number of carbonyl (C=O) groups excluding carboxylic acids is 2. The van der Waals surface area contributed by atoms with Crippen molar-refractivity contribution in [2.75, 3.05) is 13.1 Å². The maximum atomic E-state index is 12.9. The third-order valence-corrected chi connectivity index (χ3v) is 5.23. The van der Waals surface area contributed by atoms with Crippen LogP contribution in [0, 0.1) is 0 Å². The van der Waals surface area contributed by atoms with Gasteiger partial charge in [0, 0.05) is 25.6 Å². The first kappa shape index (κ1) is 16.8. The predicted molar refractivity (Wildman–Crippen MR) is 96.5 cm³/mol. The summed E-state index contributed by atoms with van der Waals surface area (Å²) >= 11 is 0. The maximum Gasteiger partial charge on any atom is 0.290 e. The van der Waals surface area contributed by atoms with Gasteiger partial charge in [-0.3, -0.25) is 9.59 Å². The van der Waals surface area contributed by atoms with Crippen LogP contribution < -0.4 is 10.6 Å². The minimum atomic E-state index is -0.524. The van der Waals surface area contributed by atoms with Crippen LogP contribution in [-0.2, 0) is 17.8 Å². The molecule has 4 rings (SSSR count). The van der Waals surface area contributed by atoms with Gasteiger partial charge in [-0.2, -0.15) is 0 Å². The second-order valence-corrected chi connectivity index (χ2v) is 6.94. The lowest BCUT2D eigenvalue weighted by molar-refractivity contribution is -0.126. The van der Waals surface area contributed by atoms with Gasteiger partial charge in [0.2, 0.25) is 5.91 Å². The first-order chi connectivity index (χ1) is 12.7. The number of rotatable bonds is 4. The second-order valence-electron chi connectivity index (χ2n) is 6.94. The van der Waals surface area contributed by atoms with E-state index in [1.54, 1.807) is 17.0 Å². The van der Waals surface area contributed by atoms with Crippen molar-refractivity contribution in [3.8, 4) is 0 Å². The van der Waals surface area contributed by atoms with Crippen molar-refractivity contribution in [1.82, 2.24) is 15.5 Å². The Bertz CT molecular complexity index is 781. The molecule has 0 bridgehead atoms. The summed E-state index contributed by atoms with van der Waals surface area (Å²) < 4.78 is 5.27. The molecule has 2 aliphatic heterocycles. The van der Waals surface area contributed by atoms with E-state index in [1.807, 2.05) is 24.3 Å². The first-order valence-electron chi connectivity index (χ1n) is 9.15. The molecule has 2 N–H and O–H groups in total. The number of hydrogen-bond acceptors (Lipinski definition) is 4. The molecule has 6 nitrogen and oxygen atoms in total. The minimum absolute atomic E-state index is 0.104. The summed E-state index contributed by atoms with van der Waals surface area (Å²) in [6.07, 6.45) is 4.21. The lowest BCUT2D eigenvalue weighted by Gasteiger charge is -2.35. The number of amides is 2. The van der Waals surface area contributed by atoms with E-state index in [0.29, 0.717) is 25.6 Å². The number of benzene rings is 1. The summed E-state index contributed by atoms with van der Waals surface area (Å²) in [7, 11) is 0. The van der Waals surface area contributed by atoms with Gasteiger partial charge in [0.15, 0.2) is 5.76 Å². The van der Waals surface area contributed by atoms with E-state index in [1.165, 1.54) is 6.26 Å². The van der Waals surface area contributed by atoms with Crippen LogP contribution in [-0.4, -0.2) is 41.9 Å². The van der Waals surface area contributed by atoms with Crippen molar-refractivity contribution in [2.24, 2.45) is 0 Å². The van der Waals surface area contributed by atoms with Crippen LogP contribution >= 0.6 is 0 Å². The third kappa shape index (κ3) is 3.37. The summed E-state index contributed by atoms with van der Waals surface area (Å²) in [5.74, 6) is -0.0867. The van der Waals surface area contributed by atoms with E-state index in [2.05, 4.69) is 10.6 Å². The molecule has 0 saturated carbocycles. The Kier molecular flexibility index (Phi) is 4.75. The van der Waals surface area contributed by atoms with E-state index in [0.717, 1.165) is 30.5 Å². The Hall–Kier alpha value is -2.60. The molecule has 2 unspecified atom stereocenters. The lowest BCUT2D eigenvalue weighted by Crippen LogP contribution is -2.53. The van der Waals surface area contributed by atoms with Gasteiger partial charge in [0.1, 0.15) is 6.04 Å². The van der Waals surface area contributed by atoms with Crippen LogP contribution in [0.4, 0.5) is 0 Å². The van der Waals surface area contributed by atoms with Crippen molar-refractivity contribution in [2.45, 2.75) is 37.9 Å². The molecule has 2 aliphatic rings. The normalized spacial score (nSPS) is 22.1. The number of nitrogens with one attached hydrogen (secondary N) is 2. The first-order valence-corrected chi connectivity index (χ1v) is 9.15. The number of fused-ring (bicyclic) bond motifs is 1. The largest absolute Gasteiger partial charge is 0.459 e. The maximum absolute atomic E-state index is 12.9. The Balaban J connectivity index is 1.54. The predicted octanol–water partition coefficient (Wildman–Crippen LogP) is 1.71. The van der Waals surface area contributed by atoms with Crippen molar-refractivity contribution in [1.29, 1.82) is 0 Å². The van der Waals surface area contributed by atoms with Crippen LogP contribution in [0.1, 0.15) is 34.5 Å². The van der Waals surface area contributed by atoms with E-state index in [4.69, 9.17) is 4.42 Å². The fraction of sp³-hybridized carbons (Fsp3) is 0.400. The van der Waals surface area contributed by atoms with Gasteiger partial charge in [-0.05, 0) is 42.6 Å². The van der Waals surface area contributed by atoms with Gasteiger partial charge in [-0.25, -0.2) is 0 Å². The average Bonchev–Trinajstić information content (AvgIpc) is 3.38. The highest BCUT2D eigenvalue weighted by Crippen LogP contribution is 2.25. The summed E-state index contributed by atoms with van der Waals surface area (Å²) in [4.78, 5) is 27.4. The molecule has 136 valence electrons. The van der Waals surface area contributed by atoms with Crippen molar-refractivity contribution in [3.63, 3.8) is 0 Å². The molecule has 3 heterocycles. The molecule has 2 atom stereocenters. The van der Waals surface area contributed by atoms with Gasteiger partial charge >= 0.3 is 0 Å². The number of nitrogens with zero attached hydrogens (tertiary/aromatic N) is 1. The smallest absolute Gasteiger partial charge is 0.290 e. The third-order valence-electron chi connectivity index (χ3n) is 5.23. The van der Waals surface area contributed by atoms with Gasteiger partial charge in [0.25, 0.3) is 5.91 Å². The van der Waals surface area contributed by atoms with E-state index in [-0.39, 0.29) is 17.6 Å². The average molecular weight is 353 g/mol. The zero-order valence-electron chi connectivity index (χ0n) is 14.6. The zero-order chi connectivity index (χ0) is 17.9. The Morgan fingerprint density at radius 1 is 1.19 bits per heavy atom. The Morgan fingerprint density at radius 3 is 2.77 bits per heavy atom. The topological polar surface area (TPSA) is 74.6 Å². The molecule has 6 heteroatoms. The van der Waals surface area contributed by atoms with E-state index >= 15 is 0 Å². The van der Waals surface area contributed by atoms with Crippen molar-refractivity contribution >= 4 is 11.8 Å². The zero-order valence-corrected chi connectivity index (χ0v) is 14.6. The number of hydrogen-bond donors (Lipinski definition) is 2. The van der Waals surface area contributed by atoms with E-state index in [9.17, 15) is 9.59 Å². The summed E-state index contributed by atoms with van der Waals surface area (Å²) in [5.41, 5.74) is 2.20. The molecule has 0 spiro atoms. The molecule has 2 aromatic rings. The van der Waals surface area contributed by atoms with Gasteiger partial charge in [-0.1, -0.05) is 24.3 Å². The molecule has 0 aliphatic carbocycles.